The van der Waals surface area contributed by atoms with E-state index in [2.05, 4.69) is 24.5 Å². The molecule has 132 valence electrons. The Labute approximate surface area is 153 Å². The summed E-state index contributed by atoms with van der Waals surface area (Å²) in [4.78, 5) is 24.4. The third kappa shape index (κ3) is 5.61. The van der Waals surface area contributed by atoms with Crippen molar-refractivity contribution in [1.29, 1.82) is 0 Å². The number of benzene rings is 2. The maximum atomic E-state index is 12.4. The predicted molar refractivity (Wildman–Crippen MR) is 102 cm³/mol. The molecule has 2 rings (SSSR count). The molecular weight excluding hydrogens is 336 g/mol. The minimum atomic E-state index is -0.239. The van der Waals surface area contributed by atoms with Crippen molar-refractivity contribution in [1.82, 2.24) is 5.32 Å². The van der Waals surface area contributed by atoms with Gasteiger partial charge in [0, 0.05) is 28.4 Å². The quantitative estimate of drug-likeness (QED) is 0.787. The first-order valence-electron chi connectivity index (χ1n) is 8.32. The van der Waals surface area contributed by atoms with Crippen LogP contribution >= 0.6 is 11.6 Å². The molecule has 0 unspecified atom stereocenters. The van der Waals surface area contributed by atoms with Gasteiger partial charge in [0.2, 0.25) is 0 Å². The Balaban J connectivity index is 2.00. The number of carbonyl (C=O) groups excluding carboxylic acids is 2. The van der Waals surface area contributed by atoms with Gasteiger partial charge < -0.3 is 10.6 Å². The molecule has 2 amide bonds. The zero-order valence-electron chi connectivity index (χ0n) is 14.7. The molecule has 0 aromatic heterocycles. The molecule has 0 aliphatic heterocycles. The van der Waals surface area contributed by atoms with Gasteiger partial charge in [-0.25, -0.2) is 0 Å². The van der Waals surface area contributed by atoms with E-state index >= 15 is 0 Å². The third-order valence-corrected chi connectivity index (χ3v) is 4.10. The zero-order chi connectivity index (χ0) is 18.4. The number of hydrogen-bond donors (Lipinski definition) is 2. The van der Waals surface area contributed by atoms with E-state index in [1.165, 1.54) is 0 Å². The Bertz CT molecular complexity index is 755. The Morgan fingerprint density at radius 1 is 1.00 bits per heavy atom. The van der Waals surface area contributed by atoms with Gasteiger partial charge >= 0.3 is 0 Å². The highest BCUT2D eigenvalue weighted by atomic mass is 35.5. The van der Waals surface area contributed by atoms with Crippen LogP contribution in [0.15, 0.2) is 42.5 Å². The number of amides is 2. The fourth-order valence-electron chi connectivity index (χ4n) is 2.27. The van der Waals surface area contributed by atoms with E-state index in [9.17, 15) is 9.59 Å². The monoisotopic (exact) mass is 358 g/mol. The minimum absolute atomic E-state index is 0.127. The van der Waals surface area contributed by atoms with Crippen molar-refractivity contribution in [2.75, 3.05) is 11.9 Å². The fourth-order valence-corrected chi connectivity index (χ4v) is 2.44. The van der Waals surface area contributed by atoms with Crippen molar-refractivity contribution < 1.29 is 9.59 Å². The second kappa shape index (κ2) is 8.67. The molecule has 5 heteroatoms. The van der Waals surface area contributed by atoms with Crippen LogP contribution in [0.3, 0.4) is 0 Å². The van der Waals surface area contributed by atoms with E-state index < -0.39 is 0 Å². The maximum Gasteiger partial charge on any atom is 0.255 e. The first kappa shape index (κ1) is 19.0. The van der Waals surface area contributed by atoms with Crippen LogP contribution in [0.25, 0.3) is 0 Å². The maximum absolute atomic E-state index is 12.4. The summed E-state index contributed by atoms with van der Waals surface area (Å²) in [6.07, 6.45) is 0.936. The average Bonchev–Trinajstić information content (AvgIpc) is 2.58. The van der Waals surface area contributed by atoms with Crippen LogP contribution in [0.1, 0.15) is 46.5 Å². The summed E-state index contributed by atoms with van der Waals surface area (Å²) in [7, 11) is 0. The summed E-state index contributed by atoms with van der Waals surface area (Å²) in [6.45, 7) is 6.77. The molecular formula is C20H23ClN2O2. The van der Waals surface area contributed by atoms with E-state index in [1.807, 2.05) is 13.0 Å². The first-order valence-corrected chi connectivity index (χ1v) is 8.70. The molecule has 0 saturated heterocycles. The molecule has 0 heterocycles. The summed E-state index contributed by atoms with van der Waals surface area (Å²) in [6, 6.07) is 11.9. The molecule has 0 aliphatic carbocycles. The minimum Gasteiger partial charge on any atom is -0.352 e. The van der Waals surface area contributed by atoms with E-state index in [1.54, 1.807) is 36.4 Å². The summed E-state index contributed by atoms with van der Waals surface area (Å²) in [5, 5.41) is 6.28. The van der Waals surface area contributed by atoms with Crippen molar-refractivity contribution in [2.45, 2.75) is 27.2 Å². The Hall–Kier alpha value is -2.33. The van der Waals surface area contributed by atoms with Crippen molar-refractivity contribution in [3.63, 3.8) is 0 Å². The number of carbonyl (C=O) groups is 2. The van der Waals surface area contributed by atoms with Gasteiger partial charge in [0.05, 0.1) is 0 Å². The van der Waals surface area contributed by atoms with Gasteiger partial charge in [0.15, 0.2) is 0 Å². The highest BCUT2D eigenvalue weighted by molar-refractivity contribution is 6.31. The molecule has 0 bridgehead atoms. The molecule has 0 saturated carbocycles. The Kier molecular flexibility index (Phi) is 6.59. The van der Waals surface area contributed by atoms with Gasteiger partial charge in [-0.15, -0.1) is 0 Å². The van der Waals surface area contributed by atoms with E-state index in [0.29, 0.717) is 34.3 Å². The number of hydrogen-bond acceptors (Lipinski definition) is 2. The Morgan fingerprint density at radius 3 is 2.20 bits per heavy atom. The second-order valence-electron chi connectivity index (χ2n) is 6.43. The normalized spacial score (nSPS) is 10.6. The SMILES string of the molecule is Cc1ccc(Cl)cc1NC(=O)c1ccc(C(=O)NCCC(C)C)cc1. The van der Waals surface area contributed by atoms with Crippen LogP contribution < -0.4 is 10.6 Å². The zero-order valence-corrected chi connectivity index (χ0v) is 15.5. The van der Waals surface area contributed by atoms with Crippen LogP contribution in [0, 0.1) is 12.8 Å². The standard InChI is InChI=1S/C20H23ClN2O2/c1-13(2)10-11-22-19(24)15-5-7-16(8-6-15)20(25)23-18-12-17(21)9-4-14(18)3/h4-9,12-13H,10-11H2,1-3H3,(H,22,24)(H,23,25). The fraction of sp³-hybridized carbons (Fsp3) is 0.300. The molecule has 0 atom stereocenters. The van der Waals surface area contributed by atoms with Crippen LogP contribution in [0.5, 0.6) is 0 Å². The lowest BCUT2D eigenvalue weighted by molar-refractivity contribution is 0.0950. The molecule has 0 fully saturated rings. The molecule has 0 radical (unpaired) electrons. The third-order valence-electron chi connectivity index (χ3n) is 3.86. The Morgan fingerprint density at radius 2 is 1.60 bits per heavy atom. The number of nitrogens with one attached hydrogen (secondary N) is 2. The van der Waals surface area contributed by atoms with Crippen molar-refractivity contribution in [3.8, 4) is 0 Å². The summed E-state index contributed by atoms with van der Waals surface area (Å²) < 4.78 is 0. The van der Waals surface area contributed by atoms with E-state index in [4.69, 9.17) is 11.6 Å². The van der Waals surface area contributed by atoms with Gasteiger partial charge in [0.25, 0.3) is 11.8 Å². The van der Waals surface area contributed by atoms with Gasteiger partial charge in [-0.3, -0.25) is 9.59 Å². The predicted octanol–water partition coefficient (Wildman–Crippen LogP) is 4.68. The van der Waals surface area contributed by atoms with E-state index in [-0.39, 0.29) is 11.8 Å². The number of anilines is 1. The number of aryl methyl sites for hydroxylation is 1. The first-order chi connectivity index (χ1) is 11.9. The van der Waals surface area contributed by atoms with Crippen molar-refractivity contribution in [3.05, 3.63) is 64.2 Å². The van der Waals surface area contributed by atoms with Gasteiger partial charge in [-0.1, -0.05) is 31.5 Å². The molecule has 2 aromatic carbocycles. The van der Waals surface area contributed by atoms with Crippen molar-refractivity contribution >= 4 is 29.1 Å². The lowest BCUT2D eigenvalue weighted by Crippen LogP contribution is -2.25. The molecule has 0 spiro atoms. The molecule has 0 aliphatic rings. The van der Waals surface area contributed by atoms with E-state index in [0.717, 1.165) is 12.0 Å². The lowest BCUT2D eigenvalue weighted by Gasteiger charge is -2.10. The largest absolute Gasteiger partial charge is 0.352 e. The summed E-state index contributed by atoms with van der Waals surface area (Å²) in [5.41, 5.74) is 2.63. The molecule has 25 heavy (non-hydrogen) atoms. The highest BCUT2D eigenvalue weighted by Gasteiger charge is 2.10. The molecule has 4 nitrogen and oxygen atoms in total. The summed E-state index contributed by atoms with van der Waals surface area (Å²) >= 11 is 5.97. The van der Waals surface area contributed by atoms with Gasteiger partial charge in [-0.05, 0) is 61.2 Å². The summed E-state index contributed by atoms with van der Waals surface area (Å²) in [5.74, 6) is 0.178. The van der Waals surface area contributed by atoms with Crippen LogP contribution in [-0.2, 0) is 0 Å². The molecule has 2 aromatic rings. The van der Waals surface area contributed by atoms with Crippen LogP contribution in [-0.4, -0.2) is 18.4 Å². The molecule has 2 N–H and O–H groups in total. The topological polar surface area (TPSA) is 58.2 Å². The number of rotatable bonds is 6. The lowest BCUT2D eigenvalue weighted by atomic mass is 10.1. The smallest absolute Gasteiger partial charge is 0.255 e. The number of halogens is 1. The average molecular weight is 359 g/mol. The van der Waals surface area contributed by atoms with Crippen LogP contribution in [0.4, 0.5) is 5.69 Å². The highest BCUT2D eigenvalue weighted by Crippen LogP contribution is 2.21. The second-order valence-corrected chi connectivity index (χ2v) is 6.87. The van der Waals surface area contributed by atoms with Gasteiger partial charge in [0.1, 0.15) is 0 Å². The van der Waals surface area contributed by atoms with Gasteiger partial charge in [-0.2, -0.15) is 0 Å². The van der Waals surface area contributed by atoms with Crippen LogP contribution in [0.2, 0.25) is 5.02 Å². The van der Waals surface area contributed by atoms with Crippen molar-refractivity contribution in [2.24, 2.45) is 5.92 Å².